The third-order valence-electron chi connectivity index (χ3n) is 9.09. The largest absolute Gasteiger partial charge is 0.294 e. The summed E-state index contributed by atoms with van der Waals surface area (Å²) in [6.45, 7) is 4.55. The Bertz CT molecular complexity index is 840. The van der Waals surface area contributed by atoms with Gasteiger partial charge in [-0.3, -0.25) is 4.55 Å². The summed E-state index contributed by atoms with van der Waals surface area (Å²) in [6, 6.07) is 5.47. The molecular weight excluding hydrogens is 559 g/mol. The maximum atomic E-state index is 12.1. The Labute approximate surface area is 291 Å². The molecule has 1 radical (unpaired) electrons. The molecule has 43 heavy (non-hydrogen) atoms. The molecule has 0 fully saturated rings. The fourth-order valence-electron chi connectivity index (χ4n) is 6.38. The first-order valence-corrected chi connectivity index (χ1v) is 20.0. The minimum atomic E-state index is -4.18. The molecule has 0 aliphatic rings. The number of rotatable bonds is 31. The third kappa shape index (κ3) is 25.0. The molecule has 3 nitrogen and oxygen atoms in total. The summed E-state index contributed by atoms with van der Waals surface area (Å²) in [6.07, 6.45) is 38.8. The topological polar surface area (TPSA) is 54.4 Å². The maximum Gasteiger partial charge on any atom is 0.294 e. The van der Waals surface area contributed by atoms with E-state index in [-0.39, 0.29) is 34.5 Å². The minimum Gasteiger partial charge on any atom is -0.282 e. The smallest absolute Gasteiger partial charge is 0.282 e. The zero-order chi connectivity index (χ0) is 30.6. The second-order valence-corrected chi connectivity index (χ2v) is 14.5. The predicted molar refractivity (Wildman–Crippen MR) is 190 cm³/mol. The van der Waals surface area contributed by atoms with E-state index >= 15 is 0 Å². The molecule has 0 aliphatic heterocycles. The van der Waals surface area contributed by atoms with Gasteiger partial charge in [0.2, 0.25) is 0 Å². The Morgan fingerprint density at radius 1 is 0.465 bits per heavy atom. The van der Waals surface area contributed by atoms with Crippen LogP contribution >= 0.6 is 0 Å². The van der Waals surface area contributed by atoms with Crippen molar-refractivity contribution in [2.75, 3.05) is 0 Å². The second kappa shape index (κ2) is 30.8. The number of aryl methyl sites for hydroxylation is 1. The molecule has 0 aromatic heterocycles. The molecule has 1 N–H and O–H groups in total. The van der Waals surface area contributed by atoms with Crippen molar-refractivity contribution in [3.05, 3.63) is 29.3 Å². The molecule has 1 aromatic carbocycles. The molecule has 0 atom stereocenters. The molecule has 0 heterocycles. The molecule has 0 aliphatic carbocycles. The van der Waals surface area contributed by atoms with Gasteiger partial charge >= 0.3 is 0 Å². The van der Waals surface area contributed by atoms with Gasteiger partial charge in [-0.05, 0) is 42.9 Å². The summed E-state index contributed by atoms with van der Waals surface area (Å²) < 4.78 is 34.1. The van der Waals surface area contributed by atoms with Crippen LogP contribution in [0.5, 0.6) is 0 Å². The van der Waals surface area contributed by atoms with Gasteiger partial charge in [0.05, 0.1) is 4.90 Å². The van der Waals surface area contributed by atoms with E-state index in [1.54, 1.807) is 12.1 Å². The van der Waals surface area contributed by atoms with Gasteiger partial charge < -0.3 is 0 Å². The van der Waals surface area contributed by atoms with E-state index in [4.69, 9.17) is 0 Å². The maximum absolute atomic E-state index is 12.1. The average molecular weight is 630 g/mol. The second-order valence-electron chi connectivity index (χ2n) is 13.1. The Morgan fingerprint density at radius 2 is 0.767 bits per heavy atom. The molecular formula is C38H70NaO3S. The van der Waals surface area contributed by atoms with Crippen LogP contribution in [0.3, 0.4) is 0 Å². The SMILES string of the molecule is CCCCCCCCCCCCCCCCc1cccc(S(=O)(=O)O)c1CCCCCCCCCCCCCCCC.[Na]. The minimum absolute atomic E-state index is 0. The summed E-state index contributed by atoms with van der Waals surface area (Å²) in [5.41, 5.74) is 1.99. The number of hydrogen-bond acceptors (Lipinski definition) is 2. The zero-order valence-electron chi connectivity index (χ0n) is 29.1. The monoisotopic (exact) mass is 629 g/mol. The van der Waals surface area contributed by atoms with Crippen LogP contribution in [-0.4, -0.2) is 42.5 Å². The van der Waals surface area contributed by atoms with E-state index in [2.05, 4.69) is 19.9 Å². The summed E-state index contributed by atoms with van der Waals surface area (Å²) in [7, 11) is -4.18. The van der Waals surface area contributed by atoms with Gasteiger partial charge in [0.25, 0.3) is 10.1 Å². The Hall–Kier alpha value is 0.130. The van der Waals surface area contributed by atoms with Crippen LogP contribution in [0.25, 0.3) is 0 Å². The summed E-state index contributed by atoms with van der Waals surface area (Å²) in [5, 5.41) is 0. The average Bonchev–Trinajstić information content (AvgIpc) is 2.97. The van der Waals surface area contributed by atoms with Crippen LogP contribution in [0.4, 0.5) is 0 Å². The van der Waals surface area contributed by atoms with Crippen molar-refractivity contribution in [3.8, 4) is 0 Å². The first-order valence-electron chi connectivity index (χ1n) is 18.6. The van der Waals surface area contributed by atoms with E-state index < -0.39 is 10.1 Å². The van der Waals surface area contributed by atoms with Gasteiger partial charge in [0, 0.05) is 29.6 Å². The van der Waals surface area contributed by atoms with Gasteiger partial charge in [-0.2, -0.15) is 8.42 Å². The molecule has 0 saturated heterocycles. The number of benzene rings is 1. The number of hydrogen-bond donors (Lipinski definition) is 1. The summed E-state index contributed by atoms with van der Waals surface area (Å²) >= 11 is 0. The molecule has 0 spiro atoms. The molecule has 0 bridgehead atoms. The van der Waals surface area contributed by atoms with Crippen molar-refractivity contribution in [1.29, 1.82) is 0 Å². The van der Waals surface area contributed by atoms with Crippen LogP contribution in [0.1, 0.15) is 205 Å². The molecule has 1 aromatic rings. The van der Waals surface area contributed by atoms with Crippen LogP contribution in [-0.2, 0) is 23.0 Å². The standard InChI is InChI=1S/C38H70O3S.Na/c1-3-5-7-9-11-13-15-17-19-21-23-25-27-29-32-36-33-31-35-38(42(39,40)41)37(36)34-30-28-26-24-22-20-18-16-14-12-10-8-6-4-2;/h31,33,35H,3-30,32,34H2,1-2H3,(H,39,40,41);. The molecule has 1 rings (SSSR count). The van der Waals surface area contributed by atoms with Crippen molar-refractivity contribution in [3.63, 3.8) is 0 Å². The van der Waals surface area contributed by atoms with Crippen molar-refractivity contribution in [2.45, 2.75) is 211 Å². The summed E-state index contributed by atoms with van der Waals surface area (Å²) in [4.78, 5) is 0.139. The fourth-order valence-corrected chi connectivity index (χ4v) is 7.17. The van der Waals surface area contributed by atoms with E-state index in [9.17, 15) is 13.0 Å². The van der Waals surface area contributed by atoms with E-state index in [0.717, 1.165) is 43.2 Å². The first-order chi connectivity index (χ1) is 20.5. The van der Waals surface area contributed by atoms with E-state index in [1.807, 2.05) is 0 Å². The Morgan fingerprint density at radius 3 is 1.09 bits per heavy atom. The van der Waals surface area contributed by atoms with Crippen LogP contribution in [0, 0.1) is 0 Å². The number of unbranched alkanes of at least 4 members (excludes halogenated alkanes) is 26. The van der Waals surface area contributed by atoms with Gasteiger partial charge in [0.1, 0.15) is 0 Å². The first kappa shape index (κ1) is 43.1. The Balaban J connectivity index is 0.0000176. The predicted octanol–water partition coefficient (Wildman–Crippen LogP) is 12.6. The van der Waals surface area contributed by atoms with Gasteiger partial charge in [-0.25, -0.2) is 0 Å². The van der Waals surface area contributed by atoms with Crippen molar-refractivity contribution >= 4 is 39.7 Å². The molecule has 5 heteroatoms. The zero-order valence-corrected chi connectivity index (χ0v) is 31.9. The normalized spacial score (nSPS) is 11.6. The van der Waals surface area contributed by atoms with Crippen LogP contribution in [0.15, 0.2) is 23.1 Å². The van der Waals surface area contributed by atoms with Crippen molar-refractivity contribution in [2.24, 2.45) is 0 Å². The fraction of sp³-hybridized carbons (Fsp3) is 0.842. The van der Waals surface area contributed by atoms with Crippen molar-refractivity contribution in [1.82, 2.24) is 0 Å². The Kier molecular flexibility index (Phi) is 30.9. The van der Waals surface area contributed by atoms with E-state index in [0.29, 0.717) is 0 Å². The van der Waals surface area contributed by atoms with Gasteiger partial charge in [0.15, 0.2) is 0 Å². The molecule has 0 unspecified atom stereocenters. The quantitative estimate of drug-likeness (QED) is 0.0505. The third-order valence-corrected chi connectivity index (χ3v) is 10.0. The van der Waals surface area contributed by atoms with E-state index in [1.165, 1.54) is 161 Å². The summed E-state index contributed by atoms with van der Waals surface area (Å²) in [5.74, 6) is 0. The molecule has 0 saturated carbocycles. The molecule has 0 amide bonds. The van der Waals surface area contributed by atoms with Gasteiger partial charge in [-0.1, -0.05) is 193 Å². The molecule has 247 valence electrons. The van der Waals surface area contributed by atoms with Crippen LogP contribution < -0.4 is 0 Å². The van der Waals surface area contributed by atoms with Crippen LogP contribution in [0.2, 0.25) is 0 Å². The van der Waals surface area contributed by atoms with Gasteiger partial charge in [-0.15, -0.1) is 0 Å². The van der Waals surface area contributed by atoms with Crippen molar-refractivity contribution < 1.29 is 13.0 Å².